The molecule has 0 bridgehead atoms. The summed E-state index contributed by atoms with van der Waals surface area (Å²) in [7, 11) is 1.90. The van der Waals surface area contributed by atoms with E-state index in [1.807, 2.05) is 41.9 Å². The Kier molecular flexibility index (Phi) is 4.74. The van der Waals surface area contributed by atoms with Gasteiger partial charge in [-0.3, -0.25) is 4.79 Å². The molecule has 6 heteroatoms. The third-order valence-corrected chi connectivity index (χ3v) is 4.54. The zero-order valence-electron chi connectivity index (χ0n) is 14.1. The van der Waals surface area contributed by atoms with Crippen molar-refractivity contribution in [1.82, 2.24) is 14.8 Å². The molecule has 0 unspecified atom stereocenters. The lowest BCUT2D eigenvalue weighted by Crippen LogP contribution is -2.46. The van der Waals surface area contributed by atoms with E-state index in [0.717, 1.165) is 23.7 Å². The van der Waals surface area contributed by atoms with Gasteiger partial charge in [-0.2, -0.15) is 0 Å². The molecule has 24 heavy (non-hydrogen) atoms. The fraction of sp³-hybridized carbons (Fsp3) is 0.444. The van der Waals surface area contributed by atoms with E-state index in [9.17, 15) is 9.59 Å². The third-order valence-electron chi connectivity index (χ3n) is 4.54. The predicted octanol–water partition coefficient (Wildman–Crippen LogP) is 2.53. The van der Waals surface area contributed by atoms with Crippen LogP contribution < -0.4 is 5.32 Å². The van der Waals surface area contributed by atoms with Crippen LogP contribution in [0.1, 0.15) is 30.3 Å². The van der Waals surface area contributed by atoms with Gasteiger partial charge in [-0.1, -0.05) is 18.2 Å². The molecular formula is C18H23N3O3. The van der Waals surface area contributed by atoms with Crippen LogP contribution in [0.4, 0.5) is 4.79 Å². The summed E-state index contributed by atoms with van der Waals surface area (Å²) in [5.41, 5.74) is 1.70. The highest BCUT2D eigenvalue weighted by atomic mass is 16.6. The van der Waals surface area contributed by atoms with E-state index in [4.69, 9.17) is 4.74 Å². The van der Waals surface area contributed by atoms with E-state index in [1.165, 1.54) is 0 Å². The molecule has 0 saturated carbocycles. The van der Waals surface area contributed by atoms with Gasteiger partial charge in [0.1, 0.15) is 5.69 Å². The molecule has 1 aromatic heterocycles. The van der Waals surface area contributed by atoms with Crippen LogP contribution in [0.5, 0.6) is 0 Å². The molecule has 1 aliphatic heterocycles. The molecule has 1 fully saturated rings. The van der Waals surface area contributed by atoms with Gasteiger partial charge in [-0.25, -0.2) is 4.79 Å². The second kappa shape index (κ2) is 6.95. The SMILES string of the molecule is CCOC(=O)N1CCC(NC(=O)c2cc3ccccc3n2C)CC1. The maximum atomic E-state index is 12.6. The average molecular weight is 329 g/mol. The summed E-state index contributed by atoms with van der Waals surface area (Å²) in [4.78, 5) is 26.0. The Morgan fingerprint density at radius 2 is 1.96 bits per heavy atom. The Labute approximate surface area is 141 Å². The molecular weight excluding hydrogens is 306 g/mol. The van der Waals surface area contributed by atoms with Crippen LogP contribution in [-0.4, -0.2) is 47.2 Å². The number of carbonyl (C=O) groups excluding carboxylic acids is 2. The second-order valence-corrected chi connectivity index (χ2v) is 6.08. The van der Waals surface area contributed by atoms with Crippen molar-refractivity contribution in [2.75, 3.05) is 19.7 Å². The number of aryl methyl sites for hydroxylation is 1. The molecule has 2 heterocycles. The van der Waals surface area contributed by atoms with Crippen molar-refractivity contribution in [2.24, 2.45) is 7.05 Å². The summed E-state index contributed by atoms with van der Waals surface area (Å²) in [6.07, 6.45) is 1.22. The molecule has 3 rings (SSSR count). The van der Waals surface area contributed by atoms with E-state index in [-0.39, 0.29) is 18.0 Å². The fourth-order valence-electron chi connectivity index (χ4n) is 3.19. The number of carbonyl (C=O) groups is 2. The largest absolute Gasteiger partial charge is 0.450 e. The maximum absolute atomic E-state index is 12.6. The lowest BCUT2D eigenvalue weighted by Gasteiger charge is -2.31. The normalized spacial score (nSPS) is 15.5. The highest BCUT2D eigenvalue weighted by Gasteiger charge is 2.25. The van der Waals surface area contributed by atoms with Crippen LogP contribution in [0, 0.1) is 0 Å². The Hall–Kier alpha value is -2.50. The van der Waals surface area contributed by atoms with Crippen LogP contribution >= 0.6 is 0 Å². The topological polar surface area (TPSA) is 63.6 Å². The summed E-state index contributed by atoms with van der Waals surface area (Å²) in [6.45, 7) is 3.41. The third kappa shape index (κ3) is 3.22. The molecule has 0 radical (unpaired) electrons. The molecule has 2 aromatic rings. The van der Waals surface area contributed by atoms with E-state index in [2.05, 4.69) is 5.32 Å². The van der Waals surface area contributed by atoms with Gasteiger partial charge in [0.2, 0.25) is 0 Å². The summed E-state index contributed by atoms with van der Waals surface area (Å²) in [5, 5.41) is 4.15. The average Bonchev–Trinajstić information content (AvgIpc) is 2.93. The van der Waals surface area contributed by atoms with Crippen LogP contribution in [0.15, 0.2) is 30.3 Å². The summed E-state index contributed by atoms with van der Waals surface area (Å²) in [6, 6.07) is 9.94. The summed E-state index contributed by atoms with van der Waals surface area (Å²) >= 11 is 0. The van der Waals surface area contributed by atoms with E-state index in [1.54, 1.807) is 11.8 Å². The van der Waals surface area contributed by atoms with E-state index in [0.29, 0.717) is 25.4 Å². The number of piperidine rings is 1. The van der Waals surface area contributed by atoms with Gasteiger partial charge in [0.05, 0.1) is 6.61 Å². The minimum absolute atomic E-state index is 0.0664. The van der Waals surface area contributed by atoms with E-state index >= 15 is 0 Å². The Balaban J connectivity index is 1.61. The number of ether oxygens (including phenoxy) is 1. The molecule has 1 N–H and O–H groups in total. The first-order valence-corrected chi connectivity index (χ1v) is 8.37. The standard InChI is InChI=1S/C18H23N3O3/c1-3-24-18(23)21-10-8-14(9-11-21)19-17(22)16-12-13-6-4-5-7-15(13)20(16)2/h4-7,12,14H,3,8-11H2,1-2H3,(H,19,22). The van der Waals surface area contributed by atoms with Gasteiger partial charge in [0.25, 0.3) is 5.91 Å². The van der Waals surface area contributed by atoms with E-state index < -0.39 is 0 Å². The quantitative estimate of drug-likeness (QED) is 0.941. The van der Waals surface area contributed by atoms with Gasteiger partial charge in [0, 0.05) is 37.1 Å². The number of benzene rings is 1. The second-order valence-electron chi connectivity index (χ2n) is 6.08. The Bertz CT molecular complexity index is 745. The van der Waals surface area contributed by atoms with Gasteiger partial charge < -0.3 is 19.5 Å². The first-order valence-electron chi connectivity index (χ1n) is 8.37. The maximum Gasteiger partial charge on any atom is 0.409 e. The van der Waals surface area contributed by atoms with Crippen LogP contribution in [0.25, 0.3) is 10.9 Å². The number of nitrogens with zero attached hydrogens (tertiary/aromatic N) is 2. The number of amides is 2. The van der Waals surface area contributed by atoms with Crippen LogP contribution in [-0.2, 0) is 11.8 Å². The monoisotopic (exact) mass is 329 g/mol. The summed E-state index contributed by atoms with van der Waals surface area (Å²) in [5.74, 6) is -0.0664. The first kappa shape index (κ1) is 16.4. The van der Waals surface area contributed by atoms with Gasteiger partial charge in [-0.15, -0.1) is 0 Å². The minimum atomic E-state index is -0.268. The number of fused-ring (bicyclic) bond motifs is 1. The lowest BCUT2D eigenvalue weighted by molar-refractivity contribution is 0.0855. The van der Waals surface area contributed by atoms with Gasteiger partial charge >= 0.3 is 6.09 Å². The number of rotatable bonds is 3. The van der Waals surface area contributed by atoms with Crippen molar-refractivity contribution in [3.05, 3.63) is 36.0 Å². The van der Waals surface area contributed by atoms with Gasteiger partial charge in [-0.05, 0) is 31.9 Å². The molecule has 0 atom stereocenters. The van der Waals surface area contributed by atoms with Crippen molar-refractivity contribution in [3.63, 3.8) is 0 Å². The highest BCUT2D eigenvalue weighted by Crippen LogP contribution is 2.19. The molecule has 1 aromatic carbocycles. The number of likely N-dealkylation sites (tertiary alicyclic amines) is 1. The highest BCUT2D eigenvalue weighted by molar-refractivity contribution is 5.98. The molecule has 1 aliphatic rings. The first-order chi connectivity index (χ1) is 11.6. The Morgan fingerprint density at radius 3 is 2.62 bits per heavy atom. The van der Waals surface area contributed by atoms with Gasteiger partial charge in [0.15, 0.2) is 0 Å². The van der Waals surface area contributed by atoms with Crippen LogP contribution in [0.3, 0.4) is 0 Å². The molecule has 128 valence electrons. The summed E-state index contributed by atoms with van der Waals surface area (Å²) < 4.78 is 6.93. The van der Waals surface area contributed by atoms with Crippen molar-refractivity contribution in [3.8, 4) is 0 Å². The number of nitrogens with one attached hydrogen (secondary N) is 1. The molecule has 2 amide bonds. The Morgan fingerprint density at radius 1 is 1.25 bits per heavy atom. The zero-order valence-corrected chi connectivity index (χ0v) is 14.1. The number of hydrogen-bond donors (Lipinski definition) is 1. The molecule has 6 nitrogen and oxygen atoms in total. The predicted molar refractivity (Wildman–Crippen MR) is 92.0 cm³/mol. The fourth-order valence-corrected chi connectivity index (χ4v) is 3.19. The van der Waals surface area contributed by atoms with Crippen molar-refractivity contribution in [2.45, 2.75) is 25.8 Å². The number of para-hydroxylation sites is 1. The van der Waals surface area contributed by atoms with Crippen molar-refractivity contribution in [1.29, 1.82) is 0 Å². The minimum Gasteiger partial charge on any atom is -0.450 e. The zero-order chi connectivity index (χ0) is 17.1. The number of aromatic nitrogens is 1. The smallest absolute Gasteiger partial charge is 0.409 e. The van der Waals surface area contributed by atoms with Crippen molar-refractivity contribution >= 4 is 22.9 Å². The number of hydrogen-bond acceptors (Lipinski definition) is 3. The molecule has 0 aliphatic carbocycles. The molecule has 1 saturated heterocycles. The lowest BCUT2D eigenvalue weighted by atomic mass is 10.1. The van der Waals surface area contributed by atoms with Crippen LogP contribution in [0.2, 0.25) is 0 Å². The van der Waals surface area contributed by atoms with Crippen molar-refractivity contribution < 1.29 is 14.3 Å². The molecule has 0 spiro atoms.